The van der Waals surface area contributed by atoms with E-state index in [-0.39, 0.29) is 5.91 Å². The second-order valence-electron chi connectivity index (χ2n) is 7.07. The molecule has 140 valence electrons. The molecule has 1 fully saturated rings. The minimum Gasteiger partial charge on any atom is -0.367 e. The molecule has 2 heterocycles. The van der Waals surface area contributed by atoms with Gasteiger partial charge < -0.3 is 10.6 Å². The number of nitrogens with zero attached hydrogens (tertiary/aromatic N) is 3. The van der Waals surface area contributed by atoms with E-state index in [4.69, 9.17) is 0 Å². The van der Waals surface area contributed by atoms with Gasteiger partial charge in [-0.3, -0.25) is 9.20 Å². The van der Waals surface area contributed by atoms with Crippen LogP contribution in [0.2, 0.25) is 0 Å². The molecule has 0 unspecified atom stereocenters. The Hall–Kier alpha value is -2.89. The van der Waals surface area contributed by atoms with E-state index in [1.165, 1.54) is 12.8 Å². The van der Waals surface area contributed by atoms with Gasteiger partial charge in [-0.15, -0.1) is 0 Å². The van der Waals surface area contributed by atoms with Crippen molar-refractivity contribution in [3.05, 3.63) is 48.4 Å². The van der Waals surface area contributed by atoms with Gasteiger partial charge in [0.2, 0.25) is 0 Å². The molecular formula is C21H25N5O. The van der Waals surface area contributed by atoms with Gasteiger partial charge in [-0.1, -0.05) is 31.9 Å². The van der Waals surface area contributed by atoms with Crippen molar-refractivity contribution < 1.29 is 4.79 Å². The Morgan fingerprint density at radius 3 is 2.74 bits per heavy atom. The molecule has 6 heteroatoms. The van der Waals surface area contributed by atoms with Crippen molar-refractivity contribution in [2.75, 3.05) is 11.9 Å². The summed E-state index contributed by atoms with van der Waals surface area (Å²) in [5.41, 5.74) is 3.52. The van der Waals surface area contributed by atoms with Crippen LogP contribution >= 0.6 is 0 Å². The van der Waals surface area contributed by atoms with Gasteiger partial charge in [0.25, 0.3) is 5.91 Å². The van der Waals surface area contributed by atoms with Crippen LogP contribution in [0.25, 0.3) is 16.9 Å². The number of fused-ring (bicyclic) bond motifs is 1. The van der Waals surface area contributed by atoms with Crippen molar-refractivity contribution in [3.8, 4) is 11.3 Å². The largest absolute Gasteiger partial charge is 0.367 e. The summed E-state index contributed by atoms with van der Waals surface area (Å²) in [6.07, 6.45) is 11.3. The van der Waals surface area contributed by atoms with Gasteiger partial charge in [-0.05, 0) is 31.4 Å². The second kappa shape index (κ2) is 7.78. The smallest absolute Gasteiger partial charge is 0.251 e. The first kappa shape index (κ1) is 17.5. The van der Waals surface area contributed by atoms with Crippen molar-refractivity contribution in [1.29, 1.82) is 0 Å². The summed E-state index contributed by atoms with van der Waals surface area (Å²) in [5, 5.41) is 6.40. The third kappa shape index (κ3) is 3.94. The van der Waals surface area contributed by atoms with Crippen molar-refractivity contribution in [2.45, 2.75) is 45.1 Å². The van der Waals surface area contributed by atoms with Crippen LogP contribution in [-0.4, -0.2) is 32.9 Å². The number of rotatable bonds is 8. The van der Waals surface area contributed by atoms with Crippen LogP contribution in [0.3, 0.4) is 0 Å². The van der Waals surface area contributed by atoms with Crippen LogP contribution in [0.1, 0.15) is 49.4 Å². The highest BCUT2D eigenvalue weighted by atomic mass is 16.1. The number of carbonyl (C=O) groups is 1. The lowest BCUT2D eigenvalue weighted by atomic mass is 10.1. The highest BCUT2D eigenvalue weighted by Gasteiger charge is 2.23. The van der Waals surface area contributed by atoms with Crippen LogP contribution in [-0.2, 0) is 0 Å². The van der Waals surface area contributed by atoms with Gasteiger partial charge in [-0.25, -0.2) is 9.97 Å². The minimum atomic E-state index is 0.00459. The second-order valence-corrected chi connectivity index (χ2v) is 7.07. The molecule has 1 aliphatic carbocycles. The van der Waals surface area contributed by atoms with Crippen LogP contribution in [0.4, 0.5) is 5.82 Å². The zero-order chi connectivity index (χ0) is 18.6. The first-order valence-electron chi connectivity index (χ1n) is 9.73. The topological polar surface area (TPSA) is 71.3 Å². The van der Waals surface area contributed by atoms with E-state index in [0.29, 0.717) is 11.6 Å². The third-order valence-electron chi connectivity index (χ3n) is 4.86. The Labute approximate surface area is 159 Å². The maximum atomic E-state index is 12.2. The van der Waals surface area contributed by atoms with Gasteiger partial charge in [0.1, 0.15) is 0 Å². The quantitative estimate of drug-likeness (QED) is 0.596. The summed E-state index contributed by atoms with van der Waals surface area (Å²) in [5.74, 6) is 0.810. The number of anilines is 1. The van der Waals surface area contributed by atoms with Crippen molar-refractivity contribution in [3.63, 3.8) is 0 Å². The highest BCUT2D eigenvalue weighted by molar-refractivity contribution is 5.95. The zero-order valence-corrected chi connectivity index (χ0v) is 15.6. The monoisotopic (exact) mass is 363 g/mol. The summed E-state index contributed by atoms with van der Waals surface area (Å²) in [6.45, 7) is 3.09. The number of amides is 1. The van der Waals surface area contributed by atoms with Crippen molar-refractivity contribution in [2.24, 2.45) is 0 Å². The van der Waals surface area contributed by atoms with Gasteiger partial charge in [0.15, 0.2) is 11.5 Å². The number of unbranched alkanes of at least 4 members (excludes halogenated alkanes) is 2. The van der Waals surface area contributed by atoms with E-state index in [0.717, 1.165) is 48.5 Å². The molecule has 0 saturated heterocycles. The average molecular weight is 363 g/mol. The Balaban J connectivity index is 1.54. The van der Waals surface area contributed by atoms with Crippen LogP contribution in [0, 0.1) is 0 Å². The summed E-state index contributed by atoms with van der Waals surface area (Å²) >= 11 is 0. The number of hydrogen-bond acceptors (Lipinski definition) is 4. The fourth-order valence-electron chi connectivity index (χ4n) is 3.13. The molecular weight excluding hydrogens is 338 g/mol. The molecule has 0 radical (unpaired) electrons. The lowest BCUT2D eigenvalue weighted by Gasteiger charge is -2.08. The van der Waals surface area contributed by atoms with Gasteiger partial charge in [-0.2, -0.15) is 0 Å². The standard InChI is InChI=1S/C21H25N5O/c1-2-3-4-11-22-19-20-24-14-18(26(20)13-12-23-19)15-5-7-16(8-6-15)21(27)25-17-9-10-17/h5-8,12-14,17H,2-4,9-11H2,1H3,(H,22,23)(H,25,27). The summed E-state index contributed by atoms with van der Waals surface area (Å²) in [4.78, 5) is 21.1. The summed E-state index contributed by atoms with van der Waals surface area (Å²) in [6, 6.07) is 8.06. The Kier molecular flexibility index (Phi) is 5.05. The van der Waals surface area contributed by atoms with Crippen molar-refractivity contribution >= 4 is 17.4 Å². The number of nitrogens with one attached hydrogen (secondary N) is 2. The number of hydrogen-bond donors (Lipinski definition) is 2. The van der Waals surface area contributed by atoms with Gasteiger partial charge >= 0.3 is 0 Å². The molecule has 1 saturated carbocycles. The molecule has 27 heavy (non-hydrogen) atoms. The first-order chi connectivity index (χ1) is 13.3. The molecule has 1 amide bonds. The fraction of sp³-hybridized carbons (Fsp3) is 0.381. The molecule has 0 atom stereocenters. The van der Waals surface area contributed by atoms with E-state index in [9.17, 15) is 4.79 Å². The molecule has 0 aliphatic heterocycles. The van der Waals surface area contributed by atoms with E-state index in [1.807, 2.05) is 41.1 Å². The third-order valence-corrected chi connectivity index (χ3v) is 4.86. The lowest BCUT2D eigenvalue weighted by molar-refractivity contribution is 0.0951. The van der Waals surface area contributed by atoms with Gasteiger partial charge in [0, 0.05) is 36.1 Å². The van der Waals surface area contributed by atoms with Crippen molar-refractivity contribution in [1.82, 2.24) is 19.7 Å². The SMILES string of the molecule is CCCCCNc1nccn2c(-c3ccc(C(=O)NC4CC4)cc3)cnc12. The lowest BCUT2D eigenvalue weighted by Crippen LogP contribution is -2.25. The maximum Gasteiger partial charge on any atom is 0.251 e. The number of imidazole rings is 1. The number of aromatic nitrogens is 3. The van der Waals surface area contributed by atoms with Crippen LogP contribution < -0.4 is 10.6 Å². The first-order valence-corrected chi connectivity index (χ1v) is 9.73. The molecule has 3 aromatic rings. The molecule has 2 N–H and O–H groups in total. The number of carbonyl (C=O) groups excluding carboxylic acids is 1. The Morgan fingerprint density at radius 2 is 2.00 bits per heavy atom. The summed E-state index contributed by atoms with van der Waals surface area (Å²) < 4.78 is 2.04. The van der Waals surface area contributed by atoms with E-state index in [2.05, 4.69) is 27.5 Å². The molecule has 1 aromatic carbocycles. The molecule has 0 bridgehead atoms. The predicted octanol–water partition coefficient (Wildman–Crippen LogP) is 3.89. The summed E-state index contributed by atoms with van der Waals surface area (Å²) in [7, 11) is 0. The van der Waals surface area contributed by atoms with E-state index in [1.54, 1.807) is 6.20 Å². The van der Waals surface area contributed by atoms with Gasteiger partial charge in [0.05, 0.1) is 11.9 Å². The molecule has 2 aromatic heterocycles. The number of benzene rings is 1. The normalized spacial score (nSPS) is 13.7. The van der Waals surface area contributed by atoms with E-state index < -0.39 is 0 Å². The Bertz CT molecular complexity index is 927. The van der Waals surface area contributed by atoms with Crippen LogP contribution in [0.5, 0.6) is 0 Å². The average Bonchev–Trinajstić information content (AvgIpc) is 3.40. The van der Waals surface area contributed by atoms with E-state index >= 15 is 0 Å². The predicted molar refractivity (Wildman–Crippen MR) is 107 cm³/mol. The molecule has 1 aliphatic rings. The molecule has 6 nitrogen and oxygen atoms in total. The van der Waals surface area contributed by atoms with Crippen LogP contribution in [0.15, 0.2) is 42.9 Å². The fourth-order valence-corrected chi connectivity index (χ4v) is 3.13. The Morgan fingerprint density at radius 1 is 1.19 bits per heavy atom. The highest BCUT2D eigenvalue weighted by Crippen LogP contribution is 2.24. The minimum absolute atomic E-state index is 0.00459. The maximum absolute atomic E-state index is 12.2. The molecule has 4 rings (SSSR count). The molecule has 0 spiro atoms. The zero-order valence-electron chi connectivity index (χ0n) is 15.6.